The Morgan fingerprint density at radius 1 is 1.04 bits per heavy atom. The highest BCUT2D eigenvalue weighted by atomic mass is 32.1. The molecule has 0 unspecified atom stereocenters. The number of fused-ring (bicyclic) bond motifs is 1. The molecule has 0 bridgehead atoms. The van der Waals surface area contributed by atoms with Crippen molar-refractivity contribution >= 4 is 33.8 Å². The third kappa shape index (κ3) is 3.55. The Bertz CT molecular complexity index is 1050. The van der Waals surface area contributed by atoms with Gasteiger partial charge in [-0.25, -0.2) is 0 Å². The van der Waals surface area contributed by atoms with E-state index in [-0.39, 0.29) is 5.91 Å². The number of carbonyl (C=O) groups excluding carboxylic acids is 1. The number of methoxy groups -OCH3 is 1. The highest BCUT2D eigenvalue weighted by Gasteiger charge is 2.21. The molecule has 0 aliphatic rings. The standard InChI is InChI=1S/C22H18N2O2S/c1-26-17-11-9-16(10-12-17)24(15-18-5-4-14-27-18)22(25)20-6-2-8-21-19(20)7-3-13-23-21/h2-14H,15H2,1H3. The normalized spacial score (nSPS) is 10.7. The Morgan fingerprint density at radius 2 is 1.89 bits per heavy atom. The fourth-order valence-electron chi connectivity index (χ4n) is 3.04. The van der Waals surface area contributed by atoms with Gasteiger partial charge < -0.3 is 9.64 Å². The van der Waals surface area contributed by atoms with Gasteiger partial charge in [-0.15, -0.1) is 11.3 Å². The molecule has 0 saturated heterocycles. The molecule has 2 aromatic heterocycles. The number of hydrogen-bond donors (Lipinski definition) is 0. The molecule has 0 atom stereocenters. The second-order valence-corrected chi connectivity index (χ2v) is 7.08. The summed E-state index contributed by atoms with van der Waals surface area (Å²) in [5, 5.41) is 2.88. The number of pyridine rings is 1. The Balaban J connectivity index is 1.77. The monoisotopic (exact) mass is 374 g/mol. The van der Waals surface area contributed by atoms with Gasteiger partial charge in [-0.3, -0.25) is 9.78 Å². The van der Waals surface area contributed by atoms with Gasteiger partial charge >= 0.3 is 0 Å². The maximum Gasteiger partial charge on any atom is 0.259 e. The van der Waals surface area contributed by atoms with E-state index in [9.17, 15) is 4.79 Å². The predicted octanol–water partition coefficient (Wildman–Crippen LogP) is 5.15. The second-order valence-electron chi connectivity index (χ2n) is 6.04. The molecule has 4 aromatic rings. The Hall–Kier alpha value is -3.18. The molecule has 0 N–H and O–H groups in total. The largest absolute Gasteiger partial charge is 0.497 e. The number of anilines is 1. The Kier molecular flexibility index (Phi) is 4.85. The van der Waals surface area contributed by atoms with E-state index in [1.54, 1.807) is 29.5 Å². The molecule has 4 rings (SSSR count). The van der Waals surface area contributed by atoms with E-state index in [1.165, 1.54) is 0 Å². The molecule has 0 radical (unpaired) electrons. The molecule has 0 spiro atoms. The van der Waals surface area contributed by atoms with E-state index < -0.39 is 0 Å². The van der Waals surface area contributed by atoms with Gasteiger partial charge in [0.25, 0.3) is 5.91 Å². The van der Waals surface area contributed by atoms with Crippen molar-refractivity contribution in [1.82, 2.24) is 4.98 Å². The summed E-state index contributed by atoms with van der Waals surface area (Å²) in [5.41, 5.74) is 2.29. The Labute approximate surface area is 161 Å². The third-order valence-corrected chi connectivity index (χ3v) is 5.26. The van der Waals surface area contributed by atoms with Crippen LogP contribution in [0.4, 0.5) is 5.69 Å². The minimum Gasteiger partial charge on any atom is -0.497 e. The molecular weight excluding hydrogens is 356 g/mol. The van der Waals surface area contributed by atoms with Crippen LogP contribution in [-0.4, -0.2) is 18.0 Å². The number of nitrogens with zero attached hydrogens (tertiary/aromatic N) is 2. The summed E-state index contributed by atoms with van der Waals surface area (Å²) in [6.45, 7) is 0.513. The van der Waals surface area contributed by atoms with Crippen molar-refractivity contribution in [3.05, 3.63) is 88.7 Å². The van der Waals surface area contributed by atoms with Crippen LogP contribution in [0.5, 0.6) is 5.75 Å². The molecule has 134 valence electrons. The van der Waals surface area contributed by atoms with Crippen molar-refractivity contribution in [2.75, 3.05) is 12.0 Å². The average molecular weight is 374 g/mol. The predicted molar refractivity (Wildman–Crippen MR) is 110 cm³/mol. The number of aromatic nitrogens is 1. The molecule has 1 amide bonds. The first-order valence-corrected chi connectivity index (χ1v) is 9.46. The second kappa shape index (κ2) is 7.60. The Morgan fingerprint density at radius 3 is 2.63 bits per heavy atom. The lowest BCUT2D eigenvalue weighted by molar-refractivity contribution is 0.0987. The molecule has 2 heterocycles. The molecule has 0 aliphatic carbocycles. The van der Waals surface area contributed by atoms with Crippen molar-refractivity contribution in [3.8, 4) is 5.75 Å². The smallest absolute Gasteiger partial charge is 0.259 e. The number of carbonyl (C=O) groups is 1. The number of hydrogen-bond acceptors (Lipinski definition) is 4. The van der Waals surface area contributed by atoms with E-state index in [0.717, 1.165) is 27.2 Å². The van der Waals surface area contributed by atoms with Crippen LogP contribution in [0.1, 0.15) is 15.2 Å². The summed E-state index contributed by atoms with van der Waals surface area (Å²) in [4.78, 5) is 20.8. The van der Waals surface area contributed by atoms with Crippen molar-refractivity contribution in [2.45, 2.75) is 6.54 Å². The third-order valence-electron chi connectivity index (χ3n) is 4.40. The molecule has 27 heavy (non-hydrogen) atoms. The van der Waals surface area contributed by atoms with Crippen LogP contribution in [0.2, 0.25) is 0 Å². The maximum absolute atomic E-state index is 13.5. The van der Waals surface area contributed by atoms with Crippen molar-refractivity contribution < 1.29 is 9.53 Å². The molecule has 4 nitrogen and oxygen atoms in total. The van der Waals surface area contributed by atoms with Crippen LogP contribution in [0.25, 0.3) is 10.9 Å². The molecule has 0 fully saturated rings. The number of ether oxygens (including phenoxy) is 1. The van der Waals surface area contributed by atoms with E-state index in [4.69, 9.17) is 4.74 Å². The minimum atomic E-state index is -0.0489. The van der Waals surface area contributed by atoms with Crippen LogP contribution in [0, 0.1) is 0 Å². The quantitative estimate of drug-likeness (QED) is 0.485. The fraction of sp³-hybridized carbons (Fsp3) is 0.0909. The summed E-state index contributed by atoms with van der Waals surface area (Å²) in [7, 11) is 1.63. The van der Waals surface area contributed by atoms with Crippen LogP contribution in [0.15, 0.2) is 78.3 Å². The van der Waals surface area contributed by atoms with E-state index in [1.807, 2.05) is 72.1 Å². The van der Waals surface area contributed by atoms with Gasteiger partial charge in [0, 0.05) is 27.7 Å². The van der Waals surface area contributed by atoms with Gasteiger partial charge in [0.15, 0.2) is 0 Å². The van der Waals surface area contributed by atoms with Gasteiger partial charge in [0.05, 0.1) is 19.2 Å². The highest BCUT2D eigenvalue weighted by Crippen LogP contribution is 2.26. The maximum atomic E-state index is 13.5. The topological polar surface area (TPSA) is 42.4 Å². The van der Waals surface area contributed by atoms with E-state index in [2.05, 4.69) is 4.98 Å². The molecule has 2 aromatic carbocycles. The van der Waals surface area contributed by atoms with Crippen LogP contribution >= 0.6 is 11.3 Å². The molecule has 0 saturated carbocycles. The van der Waals surface area contributed by atoms with E-state index in [0.29, 0.717) is 12.1 Å². The zero-order valence-corrected chi connectivity index (χ0v) is 15.6. The first kappa shape index (κ1) is 17.2. The van der Waals surface area contributed by atoms with Gasteiger partial charge in [-0.2, -0.15) is 0 Å². The molecule has 5 heteroatoms. The van der Waals surface area contributed by atoms with E-state index >= 15 is 0 Å². The van der Waals surface area contributed by atoms with Crippen LogP contribution in [0.3, 0.4) is 0 Å². The van der Waals surface area contributed by atoms with Crippen molar-refractivity contribution in [2.24, 2.45) is 0 Å². The number of thiophene rings is 1. The average Bonchev–Trinajstić information content (AvgIpc) is 3.24. The zero-order chi connectivity index (χ0) is 18.6. The first-order valence-electron chi connectivity index (χ1n) is 8.58. The number of amides is 1. The SMILES string of the molecule is COc1ccc(N(Cc2cccs2)C(=O)c2cccc3ncccc23)cc1. The van der Waals surface area contributed by atoms with Crippen LogP contribution in [-0.2, 0) is 6.54 Å². The van der Waals surface area contributed by atoms with Crippen LogP contribution < -0.4 is 9.64 Å². The van der Waals surface area contributed by atoms with Gasteiger partial charge in [-0.05, 0) is 53.9 Å². The lowest BCUT2D eigenvalue weighted by atomic mass is 10.1. The summed E-state index contributed by atoms with van der Waals surface area (Å²) in [6.07, 6.45) is 1.74. The van der Waals surface area contributed by atoms with Gasteiger partial charge in [-0.1, -0.05) is 18.2 Å². The summed E-state index contributed by atoms with van der Waals surface area (Å²) >= 11 is 1.64. The minimum absolute atomic E-state index is 0.0489. The summed E-state index contributed by atoms with van der Waals surface area (Å²) in [6, 6.07) is 21.0. The fourth-order valence-corrected chi connectivity index (χ4v) is 3.73. The highest BCUT2D eigenvalue weighted by molar-refractivity contribution is 7.09. The van der Waals surface area contributed by atoms with Crippen molar-refractivity contribution in [3.63, 3.8) is 0 Å². The molecular formula is C22H18N2O2S. The first-order chi connectivity index (χ1) is 13.3. The van der Waals surface area contributed by atoms with Crippen molar-refractivity contribution in [1.29, 1.82) is 0 Å². The number of rotatable bonds is 5. The molecule has 0 aliphatic heterocycles. The summed E-state index contributed by atoms with van der Waals surface area (Å²) in [5.74, 6) is 0.712. The van der Waals surface area contributed by atoms with Gasteiger partial charge in [0.1, 0.15) is 5.75 Å². The zero-order valence-electron chi connectivity index (χ0n) is 14.8. The summed E-state index contributed by atoms with van der Waals surface area (Å²) < 4.78 is 5.25. The van der Waals surface area contributed by atoms with Gasteiger partial charge in [0.2, 0.25) is 0 Å². The lowest BCUT2D eigenvalue weighted by Crippen LogP contribution is -2.30. The number of benzene rings is 2. The lowest BCUT2D eigenvalue weighted by Gasteiger charge is -2.23.